The summed E-state index contributed by atoms with van der Waals surface area (Å²) in [4.78, 5) is 29.6. The van der Waals surface area contributed by atoms with E-state index in [4.69, 9.17) is 0 Å². The Hall–Kier alpha value is -3.08. The number of hydrogen-bond donors (Lipinski definition) is 1. The van der Waals surface area contributed by atoms with Crippen LogP contribution in [-0.4, -0.2) is 34.6 Å². The van der Waals surface area contributed by atoms with Crippen LogP contribution in [0.1, 0.15) is 0 Å². The van der Waals surface area contributed by atoms with E-state index in [1.807, 2.05) is 42.5 Å². The van der Waals surface area contributed by atoms with Gasteiger partial charge in [-0.3, -0.25) is 9.36 Å². The fourth-order valence-corrected chi connectivity index (χ4v) is 3.09. The number of nitrogens with zero attached hydrogens (tertiary/aromatic N) is 2. The van der Waals surface area contributed by atoms with Crippen molar-refractivity contribution >= 4 is 38.7 Å². The van der Waals surface area contributed by atoms with Gasteiger partial charge in [-0.25, -0.2) is 4.79 Å². The molecule has 5 nitrogen and oxygen atoms in total. The predicted molar refractivity (Wildman–Crippen MR) is 92.1 cm³/mol. The third-order valence-electron chi connectivity index (χ3n) is 4.11. The van der Waals surface area contributed by atoms with E-state index in [-0.39, 0.29) is 11.6 Å². The Labute approximate surface area is 131 Å². The highest BCUT2D eigenvalue weighted by Gasteiger charge is 2.20. The van der Waals surface area contributed by atoms with E-state index in [1.165, 1.54) is 4.90 Å². The lowest BCUT2D eigenvalue weighted by atomic mass is 10.1. The molecule has 4 rings (SSSR count). The molecule has 1 N–H and O–H groups in total. The van der Waals surface area contributed by atoms with Crippen molar-refractivity contribution in [3.8, 4) is 0 Å². The number of H-pyrrole nitrogens is 1. The number of carbonyl (C=O) groups is 1. The minimum atomic E-state index is -0.145. The normalized spacial score (nSPS) is 11.4. The van der Waals surface area contributed by atoms with Gasteiger partial charge >= 0.3 is 6.03 Å². The fraction of sp³-hybridized carbons (Fsp3) is 0.111. The Bertz CT molecular complexity index is 1140. The summed E-state index contributed by atoms with van der Waals surface area (Å²) in [6.45, 7) is 0. The smallest absolute Gasteiger partial charge is 0.328 e. The Morgan fingerprint density at radius 3 is 2.26 bits per heavy atom. The molecule has 114 valence electrons. The van der Waals surface area contributed by atoms with E-state index in [0.29, 0.717) is 10.9 Å². The summed E-state index contributed by atoms with van der Waals surface area (Å²) in [7, 11) is 3.44. The number of hydrogen-bond acceptors (Lipinski definition) is 2. The molecule has 0 unspecified atom stereocenters. The number of rotatable bonds is 0. The van der Waals surface area contributed by atoms with Gasteiger partial charge in [-0.2, -0.15) is 0 Å². The second-order valence-electron chi connectivity index (χ2n) is 5.75. The predicted octanol–water partition coefficient (Wildman–Crippen LogP) is 3.17. The zero-order valence-electron chi connectivity index (χ0n) is 12.8. The second kappa shape index (κ2) is 4.71. The summed E-state index contributed by atoms with van der Waals surface area (Å²) in [5.41, 5.74) is 2.07. The van der Waals surface area contributed by atoms with Crippen LogP contribution in [0.2, 0.25) is 0 Å². The summed E-state index contributed by atoms with van der Waals surface area (Å²) in [6.07, 6.45) is 0. The van der Waals surface area contributed by atoms with Crippen molar-refractivity contribution in [3.05, 3.63) is 58.9 Å². The van der Waals surface area contributed by atoms with Crippen LogP contribution in [0, 0.1) is 0 Å². The maximum absolute atomic E-state index is 12.8. The minimum Gasteiger partial charge on any atom is -0.330 e. The van der Waals surface area contributed by atoms with Gasteiger partial charge in [0.2, 0.25) is 0 Å². The maximum Gasteiger partial charge on any atom is 0.328 e. The topological polar surface area (TPSA) is 58.1 Å². The lowest BCUT2D eigenvalue weighted by molar-refractivity contribution is 0.221. The highest BCUT2D eigenvalue weighted by molar-refractivity contribution is 6.19. The average Bonchev–Trinajstić information content (AvgIpc) is 2.89. The van der Waals surface area contributed by atoms with Crippen LogP contribution in [0.3, 0.4) is 0 Å². The quantitative estimate of drug-likeness (QED) is 0.542. The van der Waals surface area contributed by atoms with E-state index in [2.05, 4.69) is 4.98 Å². The largest absolute Gasteiger partial charge is 0.330 e. The van der Waals surface area contributed by atoms with Crippen LogP contribution >= 0.6 is 0 Å². The Morgan fingerprint density at radius 1 is 0.957 bits per heavy atom. The number of amides is 1. The summed E-state index contributed by atoms with van der Waals surface area (Å²) in [5, 5.41) is 2.22. The Kier molecular flexibility index (Phi) is 2.78. The molecule has 2 heterocycles. The molecular formula is C18H15N3O2. The third kappa shape index (κ3) is 1.80. The maximum atomic E-state index is 12.8. The zero-order valence-corrected chi connectivity index (χ0v) is 12.8. The lowest BCUT2D eigenvalue weighted by Crippen LogP contribution is -2.27. The number of benzene rings is 2. The molecule has 0 aliphatic carbocycles. The molecule has 0 atom stereocenters. The molecule has 2 aromatic heterocycles. The van der Waals surface area contributed by atoms with Crippen molar-refractivity contribution in [2.45, 2.75) is 0 Å². The van der Waals surface area contributed by atoms with Gasteiger partial charge in [0.25, 0.3) is 5.56 Å². The van der Waals surface area contributed by atoms with Crippen molar-refractivity contribution in [2.75, 3.05) is 14.1 Å². The molecule has 0 fully saturated rings. The molecular weight excluding hydrogens is 290 g/mol. The molecule has 23 heavy (non-hydrogen) atoms. The van der Waals surface area contributed by atoms with Crippen LogP contribution in [0.4, 0.5) is 4.79 Å². The summed E-state index contributed by atoms with van der Waals surface area (Å²) in [6, 6.07) is 14.8. The molecule has 0 aliphatic heterocycles. The number of nitrogens with one attached hydrogen (secondary N) is 1. The van der Waals surface area contributed by atoms with Crippen LogP contribution < -0.4 is 5.56 Å². The summed E-state index contributed by atoms with van der Waals surface area (Å²) < 4.78 is 1.67. The zero-order chi connectivity index (χ0) is 16.1. The van der Waals surface area contributed by atoms with Crippen LogP contribution in [0.15, 0.2) is 53.3 Å². The average molecular weight is 305 g/mol. The number of fused-ring (bicyclic) bond motifs is 5. The van der Waals surface area contributed by atoms with Crippen molar-refractivity contribution in [3.63, 3.8) is 0 Å². The highest BCUT2D eigenvalue weighted by atomic mass is 16.2. The summed E-state index contributed by atoms with van der Waals surface area (Å²) >= 11 is 0. The standard InChI is InChI=1S/C18H15N3O2/c1-20(2)18(23)21-14-10-6-5-9-13(14)15-16(21)11-7-3-4-8-12(11)17(22)19-15/h3-10H,1-2H3,(H,19,22). The number of para-hydroxylation sites is 1. The molecule has 0 saturated heterocycles. The molecule has 0 saturated carbocycles. The molecule has 0 aliphatic rings. The molecule has 0 bridgehead atoms. The van der Waals surface area contributed by atoms with Gasteiger partial charge in [0.05, 0.1) is 16.6 Å². The van der Waals surface area contributed by atoms with Crippen LogP contribution in [0.5, 0.6) is 0 Å². The first kappa shape index (κ1) is 13.6. The summed E-state index contributed by atoms with van der Waals surface area (Å²) in [5.74, 6) is 0. The Balaban J connectivity index is 2.36. The van der Waals surface area contributed by atoms with Crippen LogP contribution in [-0.2, 0) is 0 Å². The van der Waals surface area contributed by atoms with Gasteiger partial charge in [-0.15, -0.1) is 0 Å². The first-order chi connectivity index (χ1) is 11.1. The van der Waals surface area contributed by atoms with Gasteiger partial charge in [0, 0.05) is 30.3 Å². The molecule has 5 heteroatoms. The number of carbonyl (C=O) groups excluding carboxylic acids is 1. The van der Waals surface area contributed by atoms with E-state index in [1.54, 1.807) is 24.7 Å². The molecule has 2 aromatic carbocycles. The fourth-order valence-electron chi connectivity index (χ4n) is 3.09. The van der Waals surface area contributed by atoms with Gasteiger partial charge in [-0.05, 0) is 12.1 Å². The monoisotopic (exact) mass is 305 g/mol. The van der Waals surface area contributed by atoms with E-state index in [9.17, 15) is 9.59 Å². The number of aromatic nitrogens is 2. The van der Waals surface area contributed by atoms with Gasteiger partial charge in [0.15, 0.2) is 0 Å². The molecule has 1 amide bonds. The lowest BCUT2D eigenvalue weighted by Gasteiger charge is -2.13. The third-order valence-corrected chi connectivity index (χ3v) is 4.11. The van der Waals surface area contributed by atoms with E-state index in [0.717, 1.165) is 21.8 Å². The van der Waals surface area contributed by atoms with Crippen molar-refractivity contribution in [1.29, 1.82) is 0 Å². The Morgan fingerprint density at radius 2 is 1.57 bits per heavy atom. The van der Waals surface area contributed by atoms with Gasteiger partial charge in [0.1, 0.15) is 0 Å². The number of pyridine rings is 1. The SMILES string of the molecule is CN(C)C(=O)n1c2ccccc2c2[nH]c(=O)c3ccccc3c21. The second-order valence-corrected chi connectivity index (χ2v) is 5.75. The van der Waals surface area contributed by atoms with E-state index < -0.39 is 0 Å². The van der Waals surface area contributed by atoms with Crippen molar-refractivity contribution < 1.29 is 4.79 Å². The number of aromatic amines is 1. The van der Waals surface area contributed by atoms with E-state index >= 15 is 0 Å². The first-order valence-electron chi connectivity index (χ1n) is 7.35. The van der Waals surface area contributed by atoms with Gasteiger partial charge in [-0.1, -0.05) is 36.4 Å². The van der Waals surface area contributed by atoms with Crippen molar-refractivity contribution in [1.82, 2.24) is 14.5 Å². The molecule has 4 aromatic rings. The molecule has 0 radical (unpaired) electrons. The minimum absolute atomic E-state index is 0.145. The van der Waals surface area contributed by atoms with Crippen LogP contribution in [0.25, 0.3) is 32.7 Å². The molecule has 0 spiro atoms. The first-order valence-corrected chi connectivity index (χ1v) is 7.35. The van der Waals surface area contributed by atoms with Crippen molar-refractivity contribution in [2.24, 2.45) is 0 Å². The van der Waals surface area contributed by atoms with Gasteiger partial charge < -0.3 is 9.88 Å². The highest BCUT2D eigenvalue weighted by Crippen LogP contribution is 2.31.